The van der Waals surface area contributed by atoms with E-state index in [0.717, 1.165) is 10.8 Å². The van der Waals surface area contributed by atoms with E-state index in [9.17, 15) is 4.79 Å². The molecule has 66 valence electrons. The topological polar surface area (TPSA) is 49.7 Å². The summed E-state index contributed by atoms with van der Waals surface area (Å²) in [6.45, 7) is 2.41. The first-order valence-corrected chi connectivity index (χ1v) is 5.32. The highest BCUT2D eigenvalue weighted by atomic mass is 33.1. The highest BCUT2D eigenvalue weighted by Crippen LogP contribution is 2.28. The van der Waals surface area contributed by atoms with Crippen LogP contribution in [0, 0.1) is 5.92 Å². The molecule has 0 aromatic heterocycles. The fourth-order valence-corrected chi connectivity index (χ4v) is 2.03. The fourth-order valence-electron chi connectivity index (χ4n) is 1.09. The van der Waals surface area contributed by atoms with Crippen LogP contribution in [0.5, 0.6) is 0 Å². The Morgan fingerprint density at radius 2 is 2.58 bits per heavy atom. The fraction of sp³-hybridized carbons (Fsp3) is 0.429. The molecule has 0 saturated carbocycles. The third-order valence-corrected chi connectivity index (χ3v) is 2.79. The monoisotopic (exact) mass is 203 g/mol. The lowest BCUT2D eigenvalue weighted by molar-refractivity contribution is -0.133. The van der Waals surface area contributed by atoms with Crippen molar-refractivity contribution in [1.82, 2.24) is 0 Å². The van der Waals surface area contributed by atoms with Gasteiger partial charge in [0.05, 0.1) is 5.57 Å². The maximum atomic E-state index is 10.8. The lowest BCUT2D eigenvalue weighted by atomic mass is 9.99. The van der Waals surface area contributed by atoms with Crippen LogP contribution in [0.15, 0.2) is 15.5 Å². The molecule has 0 spiro atoms. The normalized spacial score (nSPS) is 23.0. The number of thiol groups is 1. The zero-order chi connectivity index (χ0) is 9.14. The molecule has 1 heterocycles. The Bertz CT molecular complexity index is 260. The van der Waals surface area contributed by atoms with Crippen LogP contribution < -0.4 is 0 Å². The van der Waals surface area contributed by atoms with E-state index >= 15 is 0 Å². The maximum absolute atomic E-state index is 10.8. The first-order valence-electron chi connectivity index (χ1n) is 3.45. The van der Waals surface area contributed by atoms with E-state index < -0.39 is 5.97 Å². The van der Waals surface area contributed by atoms with Crippen molar-refractivity contribution in [2.75, 3.05) is 6.54 Å². The third kappa shape index (κ3) is 1.84. The Balaban J connectivity index is 3.04. The maximum Gasteiger partial charge on any atom is 0.333 e. The summed E-state index contributed by atoms with van der Waals surface area (Å²) in [5.74, 6) is -0.882. The average molecular weight is 203 g/mol. The van der Waals surface area contributed by atoms with E-state index in [1.165, 1.54) is 0 Å². The Hall–Kier alpha value is -0.420. The number of aliphatic imine (C=N–C) groups is 1. The van der Waals surface area contributed by atoms with E-state index in [4.69, 9.17) is 5.11 Å². The lowest BCUT2D eigenvalue weighted by Gasteiger charge is -2.16. The number of dihydropyridines is 1. The molecule has 1 aliphatic heterocycles. The van der Waals surface area contributed by atoms with Crippen LogP contribution in [0.25, 0.3) is 0 Å². The summed E-state index contributed by atoms with van der Waals surface area (Å²) < 4.78 is 0. The van der Waals surface area contributed by atoms with Crippen molar-refractivity contribution in [2.24, 2.45) is 10.9 Å². The largest absolute Gasteiger partial charge is 0.478 e. The van der Waals surface area contributed by atoms with Crippen LogP contribution >= 0.6 is 22.5 Å². The molecular weight excluding hydrogens is 194 g/mol. The van der Waals surface area contributed by atoms with Crippen LogP contribution in [0.2, 0.25) is 0 Å². The van der Waals surface area contributed by atoms with Gasteiger partial charge in [-0.2, -0.15) is 0 Å². The number of carboxylic acids is 1. The standard InChI is InChI=1S/C7H9NO2S2/c1-4-2-8-3-5(12-11)6(4)7(9)10/h3-4,11H,2H2,1H3,(H,9,10). The van der Waals surface area contributed by atoms with E-state index in [-0.39, 0.29) is 5.92 Å². The molecule has 0 aromatic carbocycles. The van der Waals surface area contributed by atoms with E-state index in [1.807, 2.05) is 6.92 Å². The molecule has 5 heteroatoms. The Morgan fingerprint density at radius 3 is 3.00 bits per heavy atom. The number of hydrogen-bond donors (Lipinski definition) is 2. The van der Waals surface area contributed by atoms with Crippen molar-refractivity contribution in [3.8, 4) is 0 Å². The van der Waals surface area contributed by atoms with Gasteiger partial charge in [-0.3, -0.25) is 4.99 Å². The van der Waals surface area contributed by atoms with Gasteiger partial charge in [-0.15, -0.1) is 11.7 Å². The number of carbonyl (C=O) groups is 1. The van der Waals surface area contributed by atoms with Gasteiger partial charge in [0.2, 0.25) is 0 Å². The molecule has 1 unspecified atom stereocenters. The van der Waals surface area contributed by atoms with Gasteiger partial charge in [-0.25, -0.2) is 4.79 Å². The van der Waals surface area contributed by atoms with Gasteiger partial charge in [-0.05, 0) is 0 Å². The molecular formula is C7H9NO2S2. The molecule has 0 radical (unpaired) electrons. The molecule has 1 N–H and O–H groups in total. The van der Waals surface area contributed by atoms with Gasteiger partial charge in [-0.1, -0.05) is 17.7 Å². The third-order valence-electron chi connectivity index (χ3n) is 1.67. The van der Waals surface area contributed by atoms with Gasteiger partial charge < -0.3 is 5.11 Å². The Labute approximate surface area is 79.8 Å². The van der Waals surface area contributed by atoms with E-state index in [0.29, 0.717) is 17.0 Å². The summed E-state index contributed by atoms with van der Waals surface area (Å²) in [6, 6.07) is 0. The molecule has 0 saturated heterocycles. The molecule has 1 aliphatic rings. The minimum absolute atomic E-state index is 0.0119. The summed E-state index contributed by atoms with van der Waals surface area (Å²) in [4.78, 5) is 15.4. The minimum Gasteiger partial charge on any atom is -0.478 e. The summed E-state index contributed by atoms with van der Waals surface area (Å²) in [7, 11) is 1.13. The van der Waals surface area contributed by atoms with Crippen LogP contribution in [-0.4, -0.2) is 23.8 Å². The molecule has 0 aliphatic carbocycles. The Kier molecular flexibility index (Phi) is 3.22. The molecule has 1 atom stereocenters. The number of aliphatic carboxylic acids is 1. The number of carboxylic acid groups (broad SMARTS) is 1. The van der Waals surface area contributed by atoms with Crippen LogP contribution in [-0.2, 0) is 4.79 Å². The minimum atomic E-state index is -0.870. The molecule has 0 fully saturated rings. The van der Waals surface area contributed by atoms with Crippen LogP contribution in [0.3, 0.4) is 0 Å². The highest BCUT2D eigenvalue weighted by Gasteiger charge is 2.22. The number of nitrogens with zero attached hydrogens (tertiary/aromatic N) is 1. The Morgan fingerprint density at radius 1 is 1.92 bits per heavy atom. The number of hydrogen-bond acceptors (Lipinski definition) is 4. The summed E-state index contributed by atoms with van der Waals surface area (Å²) >= 11 is 3.96. The predicted molar refractivity (Wildman–Crippen MR) is 53.8 cm³/mol. The summed E-state index contributed by atoms with van der Waals surface area (Å²) in [5, 5.41) is 8.84. The molecule has 0 aromatic rings. The van der Waals surface area contributed by atoms with Crippen molar-refractivity contribution >= 4 is 34.6 Å². The van der Waals surface area contributed by atoms with Crippen molar-refractivity contribution in [1.29, 1.82) is 0 Å². The van der Waals surface area contributed by atoms with Gasteiger partial charge >= 0.3 is 5.97 Å². The van der Waals surface area contributed by atoms with Gasteiger partial charge in [0.15, 0.2) is 0 Å². The summed E-state index contributed by atoms with van der Waals surface area (Å²) in [5.41, 5.74) is 0.421. The SMILES string of the molecule is CC1CN=CC(SS)=C1C(=O)O. The zero-order valence-electron chi connectivity index (χ0n) is 6.52. The van der Waals surface area contributed by atoms with Gasteiger partial charge in [0.1, 0.15) is 0 Å². The van der Waals surface area contributed by atoms with Crippen LogP contribution in [0.1, 0.15) is 6.92 Å². The van der Waals surface area contributed by atoms with Crippen molar-refractivity contribution in [3.05, 3.63) is 10.5 Å². The first kappa shape index (κ1) is 9.67. The zero-order valence-corrected chi connectivity index (χ0v) is 8.23. The molecule has 1 rings (SSSR count). The van der Waals surface area contributed by atoms with Crippen LogP contribution in [0.4, 0.5) is 0 Å². The second-order valence-electron chi connectivity index (χ2n) is 2.57. The lowest BCUT2D eigenvalue weighted by Crippen LogP contribution is -2.18. The molecule has 12 heavy (non-hydrogen) atoms. The number of rotatable bonds is 2. The van der Waals surface area contributed by atoms with Gasteiger partial charge in [0, 0.05) is 23.6 Å². The second-order valence-corrected chi connectivity index (χ2v) is 3.74. The average Bonchev–Trinajstić information content (AvgIpc) is 2.03. The first-order chi connectivity index (χ1) is 5.66. The van der Waals surface area contributed by atoms with Crippen molar-refractivity contribution in [2.45, 2.75) is 6.92 Å². The molecule has 0 amide bonds. The van der Waals surface area contributed by atoms with E-state index in [2.05, 4.69) is 16.7 Å². The second kappa shape index (κ2) is 4.00. The molecule has 0 bridgehead atoms. The van der Waals surface area contributed by atoms with Gasteiger partial charge in [0.25, 0.3) is 0 Å². The van der Waals surface area contributed by atoms with E-state index in [1.54, 1.807) is 6.21 Å². The quantitative estimate of drug-likeness (QED) is 0.529. The summed E-state index contributed by atoms with van der Waals surface area (Å²) in [6.07, 6.45) is 1.57. The number of allylic oxidation sites excluding steroid dienone is 1. The highest BCUT2D eigenvalue weighted by molar-refractivity contribution is 8.70. The predicted octanol–water partition coefficient (Wildman–Crippen LogP) is 1.62. The van der Waals surface area contributed by atoms with Crippen molar-refractivity contribution in [3.63, 3.8) is 0 Å². The van der Waals surface area contributed by atoms with Crippen molar-refractivity contribution < 1.29 is 9.90 Å². The molecule has 3 nitrogen and oxygen atoms in total. The smallest absolute Gasteiger partial charge is 0.333 e.